The van der Waals surface area contributed by atoms with Gasteiger partial charge in [-0.15, -0.1) is 0 Å². The van der Waals surface area contributed by atoms with Crippen LogP contribution in [0.5, 0.6) is 0 Å². The zero-order valence-corrected chi connectivity index (χ0v) is 18.8. The number of benzene rings is 2. The molecule has 0 saturated carbocycles. The molecule has 1 aromatic heterocycles. The van der Waals surface area contributed by atoms with E-state index < -0.39 is 0 Å². The Morgan fingerprint density at radius 1 is 1.28 bits per heavy atom. The lowest BCUT2D eigenvalue weighted by atomic mass is 10.1. The number of fused-ring (bicyclic) bond motifs is 1. The maximum atomic E-state index is 12.9. The Bertz CT molecular complexity index is 1140. The number of rotatable bonds is 8. The fourth-order valence-corrected chi connectivity index (χ4v) is 4.38. The van der Waals surface area contributed by atoms with E-state index in [1.54, 1.807) is 6.07 Å². The fraction of sp³-hybridized carbons (Fsp3) is 0.375. The maximum Gasteiger partial charge on any atom is 0.258 e. The average Bonchev–Trinajstić information content (AvgIpc) is 3.27. The molecule has 32 heavy (non-hydrogen) atoms. The highest BCUT2D eigenvalue weighted by atomic mass is 35.5. The number of nitrogens with zero attached hydrogens (tertiary/aromatic N) is 2. The van der Waals surface area contributed by atoms with E-state index in [2.05, 4.69) is 15.3 Å². The minimum Gasteiger partial charge on any atom is -0.377 e. The molecular weight excluding hydrogens is 428 g/mol. The molecule has 0 unspecified atom stereocenters. The number of H-pyrrole nitrogens is 1. The van der Waals surface area contributed by atoms with Crippen molar-refractivity contribution in [3.8, 4) is 0 Å². The molecule has 2 atom stereocenters. The number of amides is 1. The molecule has 1 amide bonds. The van der Waals surface area contributed by atoms with Gasteiger partial charge in [-0.05, 0) is 43.5 Å². The summed E-state index contributed by atoms with van der Waals surface area (Å²) < 4.78 is 5.78. The van der Waals surface area contributed by atoms with Crippen molar-refractivity contribution in [3.63, 3.8) is 0 Å². The highest BCUT2D eigenvalue weighted by Gasteiger charge is 2.23. The lowest BCUT2D eigenvalue weighted by molar-refractivity contribution is -0.123. The van der Waals surface area contributed by atoms with Crippen LogP contribution in [0.2, 0.25) is 5.02 Å². The summed E-state index contributed by atoms with van der Waals surface area (Å²) >= 11 is 6.27. The van der Waals surface area contributed by atoms with E-state index in [9.17, 15) is 9.59 Å². The number of carbonyl (C=O) groups excluding carboxylic acids is 1. The number of aromatic amines is 1. The van der Waals surface area contributed by atoms with Crippen LogP contribution in [0.4, 0.5) is 0 Å². The summed E-state index contributed by atoms with van der Waals surface area (Å²) in [5.41, 5.74) is 1.33. The highest BCUT2D eigenvalue weighted by Crippen LogP contribution is 2.22. The van der Waals surface area contributed by atoms with Crippen molar-refractivity contribution >= 4 is 28.4 Å². The largest absolute Gasteiger partial charge is 0.377 e. The van der Waals surface area contributed by atoms with Crippen LogP contribution >= 0.6 is 11.6 Å². The second kappa shape index (κ2) is 10.3. The lowest BCUT2D eigenvalue weighted by Crippen LogP contribution is -2.41. The van der Waals surface area contributed by atoms with Crippen LogP contribution in [0.25, 0.3) is 10.9 Å². The molecule has 2 heterocycles. The molecule has 0 bridgehead atoms. The van der Waals surface area contributed by atoms with Crippen LogP contribution in [-0.4, -0.2) is 46.6 Å². The van der Waals surface area contributed by atoms with E-state index in [1.165, 1.54) is 0 Å². The first-order chi connectivity index (χ1) is 15.5. The number of hydrogen-bond donors (Lipinski definition) is 2. The van der Waals surface area contributed by atoms with Gasteiger partial charge >= 0.3 is 0 Å². The van der Waals surface area contributed by atoms with Gasteiger partial charge in [0.1, 0.15) is 5.82 Å². The third-order valence-electron chi connectivity index (χ3n) is 5.64. The zero-order valence-electron chi connectivity index (χ0n) is 18.0. The summed E-state index contributed by atoms with van der Waals surface area (Å²) in [4.78, 5) is 34.7. The summed E-state index contributed by atoms with van der Waals surface area (Å²) in [5.74, 6) is 0.400. The van der Waals surface area contributed by atoms with Crippen LogP contribution in [0.15, 0.2) is 53.3 Å². The number of aromatic nitrogens is 2. The quantitative estimate of drug-likeness (QED) is 0.544. The van der Waals surface area contributed by atoms with Crippen molar-refractivity contribution in [2.75, 3.05) is 19.7 Å². The molecule has 1 fully saturated rings. The van der Waals surface area contributed by atoms with Crippen LogP contribution in [0.1, 0.15) is 37.2 Å². The number of ether oxygens (including phenoxy) is 1. The second-order valence-electron chi connectivity index (χ2n) is 8.15. The Balaban J connectivity index is 1.48. The highest BCUT2D eigenvalue weighted by molar-refractivity contribution is 6.31. The van der Waals surface area contributed by atoms with Gasteiger partial charge in [0.05, 0.1) is 36.1 Å². The predicted octanol–water partition coefficient (Wildman–Crippen LogP) is 3.43. The molecule has 4 rings (SSSR count). The van der Waals surface area contributed by atoms with Crippen LogP contribution in [0.3, 0.4) is 0 Å². The molecule has 8 heteroatoms. The molecular formula is C24H27ClN4O3. The van der Waals surface area contributed by atoms with E-state index in [1.807, 2.05) is 54.3 Å². The Morgan fingerprint density at radius 2 is 2.06 bits per heavy atom. The fourth-order valence-electron chi connectivity index (χ4n) is 4.08. The van der Waals surface area contributed by atoms with Gasteiger partial charge in [0.15, 0.2) is 0 Å². The first-order valence-corrected chi connectivity index (χ1v) is 11.2. The van der Waals surface area contributed by atoms with E-state index in [-0.39, 0.29) is 30.2 Å². The van der Waals surface area contributed by atoms with E-state index in [0.717, 1.165) is 25.0 Å². The Morgan fingerprint density at radius 3 is 2.84 bits per heavy atom. The van der Waals surface area contributed by atoms with E-state index in [4.69, 9.17) is 16.3 Å². The second-order valence-corrected chi connectivity index (χ2v) is 8.55. The van der Waals surface area contributed by atoms with Gasteiger partial charge in [0, 0.05) is 18.2 Å². The van der Waals surface area contributed by atoms with Gasteiger partial charge in [-0.25, -0.2) is 4.98 Å². The van der Waals surface area contributed by atoms with Crippen LogP contribution < -0.4 is 10.9 Å². The van der Waals surface area contributed by atoms with Crippen LogP contribution in [-0.2, 0) is 16.1 Å². The van der Waals surface area contributed by atoms with Gasteiger partial charge < -0.3 is 15.0 Å². The summed E-state index contributed by atoms with van der Waals surface area (Å²) in [6.07, 6.45) is 2.03. The van der Waals surface area contributed by atoms with Gasteiger partial charge in [-0.2, -0.15) is 0 Å². The summed E-state index contributed by atoms with van der Waals surface area (Å²) in [7, 11) is 0. The topological polar surface area (TPSA) is 87.3 Å². The van der Waals surface area contributed by atoms with Crippen molar-refractivity contribution in [3.05, 3.63) is 75.3 Å². The first kappa shape index (κ1) is 22.5. The number of carbonyl (C=O) groups is 1. The van der Waals surface area contributed by atoms with E-state index in [0.29, 0.717) is 34.8 Å². The molecule has 1 aliphatic heterocycles. The SMILES string of the molecule is C[C@@H](NC(=O)CN(Cc1nc2ccccc2c(=O)[nH]1)C[C@@H]1CCCO1)c1ccccc1Cl. The minimum atomic E-state index is -0.223. The molecule has 7 nitrogen and oxygen atoms in total. The maximum absolute atomic E-state index is 12.9. The molecule has 1 aliphatic rings. The Hall–Kier alpha value is -2.74. The minimum absolute atomic E-state index is 0.0657. The number of para-hydroxylation sites is 1. The smallest absolute Gasteiger partial charge is 0.258 e. The van der Waals surface area contributed by atoms with Gasteiger partial charge in [-0.3, -0.25) is 14.5 Å². The third kappa shape index (κ3) is 5.54. The van der Waals surface area contributed by atoms with Crippen molar-refractivity contribution in [2.45, 2.75) is 38.5 Å². The number of halogens is 1. The molecule has 0 spiro atoms. The molecule has 168 valence electrons. The third-order valence-corrected chi connectivity index (χ3v) is 5.98. The molecule has 0 radical (unpaired) electrons. The van der Waals surface area contributed by atoms with Crippen molar-refractivity contribution < 1.29 is 9.53 Å². The van der Waals surface area contributed by atoms with Crippen molar-refractivity contribution in [2.24, 2.45) is 0 Å². The molecule has 1 saturated heterocycles. The standard InChI is InChI=1S/C24H27ClN4O3/c1-16(18-8-2-4-10-20(18)25)26-23(30)15-29(13-17-7-6-12-32-17)14-22-27-21-11-5-3-9-19(21)24(31)28-22/h2-5,8-11,16-17H,6-7,12-15H2,1H3,(H,26,30)(H,27,28,31)/t16-,17+/m1/s1. The predicted molar refractivity (Wildman–Crippen MR) is 125 cm³/mol. The lowest BCUT2D eigenvalue weighted by Gasteiger charge is -2.25. The normalized spacial score (nSPS) is 17.0. The van der Waals surface area contributed by atoms with Crippen LogP contribution in [0, 0.1) is 0 Å². The molecule has 3 aromatic rings. The van der Waals surface area contributed by atoms with Gasteiger partial charge in [0.2, 0.25) is 5.91 Å². The van der Waals surface area contributed by atoms with E-state index >= 15 is 0 Å². The molecule has 2 aromatic carbocycles. The average molecular weight is 455 g/mol. The molecule has 0 aliphatic carbocycles. The Labute approximate surface area is 191 Å². The van der Waals surface area contributed by atoms with Gasteiger partial charge in [0.25, 0.3) is 5.56 Å². The summed E-state index contributed by atoms with van der Waals surface area (Å²) in [6, 6.07) is 14.5. The van der Waals surface area contributed by atoms with Gasteiger partial charge in [-0.1, -0.05) is 41.9 Å². The Kier molecular flexibility index (Phi) is 7.19. The van der Waals surface area contributed by atoms with Crippen molar-refractivity contribution in [1.29, 1.82) is 0 Å². The first-order valence-electron chi connectivity index (χ1n) is 10.9. The molecule has 2 N–H and O–H groups in total. The monoisotopic (exact) mass is 454 g/mol. The number of nitrogens with one attached hydrogen (secondary N) is 2. The number of hydrogen-bond acceptors (Lipinski definition) is 5. The van der Waals surface area contributed by atoms with Crippen molar-refractivity contribution in [1.82, 2.24) is 20.2 Å². The summed E-state index contributed by atoms with van der Waals surface area (Å²) in [6.45, 7) is 3.73. The zero-order chi connectivity index (χ0) is 22.5. The summed E-state index contributed by atoms with van der Waals surface area (Å²) in [5, 5.41) is 4.19.